The Labute approximate surface area is 155 Å². The molecule has 0 aliphatic carbocycles. The third-order valence-electron chi connectivity index (χ3n) is 5.65. The predicted octanol–water partition coefficient (Wildman–Crippen LogP) is 2.76. The van der Waals surface area contributed by atoms with Gasteiger partial charge in [0.2, 0.25) is 5.91 Å². The first-order valence-electron chi connectivity index (χ1n) is 8.74. The van der Waals surface area contributed by atoms with Gasteiger partial charge in [-0.1, -0.05) is 12.1 Å². The van der Waals surface area contributed by atoms with Crippen LogP contribution in [0.25, 0.3) is 11.1 Å². The zero-order valence-corrected chi connectivity index (χ0v) is 16.2. The SMILES string of the molecule is Cc1c(C(N)=O)ccc(-c2cncc(B3OC(C)(C)C(C)(C)O3)c2)c1C. The third kappa shape index (κ3) is 3.04. The standard InChI is InChI=1S/C20H25BN2O3/c1-12-13(2)17(18(22)24)8-7-16(12)14-9-15(11-23-10-14)21-25-19(3,4)20(5,6)26-21/h7-11H,1-6H3,(H2,22,24). The van der Waals surface area contributed by atoms with Gasteiger partial charge in [0.25, 0.3) is 0 Å². The van der Waals surface area contributed by atoms with Gasteiger partial charge < -0.3 is 15.0 Å². The zero-order chi connectivity index (χ0) is 19.3. The number of hydrogen-bond donors (Lipinski definition) is 1. The van der Waals surface area contributed by atoms with E-state index in [9.17, 15) is 4.79 Å². The maximum Gasteiger partial charge on any atom is 0.496 e. The molecule has 0 saturated carbocycles. The fourth-order valence-electron chi connectivity index (χ4n) is 3.11. The van der Waals surface area contributed by atoms with Crippen molar-refractivity contribution in [3.05, 3.63) is 47.3 Å². The first-order chi connectivity index (χ1) is 12.0. The van der Waals surface area contributed by atoms with E-state index in [0.717, 1.165) is 27.7 Å². The smallest absolute Gasteiger partial charge is 0.399 e. The largest absolute Gasteiger partial charge is 0.496 e. The Bertz CT molecular complexity index is 861. The summed E-state index contributed by atoms with van der Waals surface area (Å²) in [5.41, 5.74) is 9.92. The molecule has 1 saturated heterocycles. The van der Waals surface area contributed by atoms with Crippen molar-refractivity contribution in [1.29, 1.82) is 0 Å². The van der Waals surface area contributed by atoms with E-state index in [1.807, 2.05) is 53.7 Å². The maximum absolute atomic E-state index is 11.5. The molecule has 1 aromatic heterocycles. The lowest BCUT2D eigenvalue weighted by Crippen LogP contribution is -2.41. The van der Waals surface area contributed by atoms with Gasteiger partial charge in [-0.15, -0.1) is 0 Å². The van der Waals surface area contributed by atoms with E-state index < -0.39 is 24.2 Å². The normalized spacial score (nSPS) is 18.2. The van der Waals surface area contributed by atoms with Gasteiger partial charge in [-0.2, -0.15) is 0 Å². The molecule has 26 heavy (non-hydrogen) atoms. The molecule has 0 spiro atoms. The van der Waals surface area contributed by atoms with Crippen LogP contribution < -0.4 is 11.2 Å². The number of pyridine rings is 1. The van der Waals surface area contributed by atoms with Crippen LogP contribution >= 0.6 is 0 Å². The van der Waals surface area contributed by atoms with Crippen LogP contribution in [-0.4, -0.2) is 29.2 Å². The molecule has 136 valence electrons. The van der Waals surface area contributed by atoms with E-state index in [1.165, 1.54) is 0 Å². The number of carbonyl (C=O) groups excluding carboxylic acids is 1. The molecule has 0 radical (unpaired) electrons. The summed E-state index contributed by atoms with van der Waals surface area (Å²) >= 11 is 0. The summed E-state index contributed by atoms with van der Waals surface area (Å²) in [5, 5.41) is 0. The van der Waals surface area contributed by atoms with Gasteiger partial charge in [-0.3, -0.25) is 9.78 Å². The number of nitrogens with zero attached hydrogens (tertiary/aromatic N) is 1. The number of aromatic nitrogens is 1. The van der Waals surface area contributed by atoms with Crippen molar-refractivity contribution >= 4 is 18.5 Å². The zero-order valence-electron chi connectivity index (χ0n) is 16.2. The van der Waals surface area contributed by atoms with Crippen LogP contribution in [0, 0.1) is 13.8 Å². The second-order valence-electron chi connectivity index (χ2n) is 7.87. The number of carbonyl (C=O) groups is 1. The molecule has 5 nitrogen and oxygen atoms in total. The molecular weight excluding hydrogens is 327 g/mol. The third-order valence-corrected chi connectivity index (χ3v) is 5.65. The average Bonchev–Trinajstić information content (AvgIpc) is 2.78. The minimum Gasteiger partial charge on any atom is -0.399 e. The maximum atomic E-state index is 11.5. The second kappa shape index (κ2) is 6.22. The van der Waals surface area contributed by atoms with E-state index in [4.69, 9.17) is 15.0 Å². The van der Waals surface area contributed by atoms with Gasteiger partial charge in [0, 0.05) is 23.4 Å². The van der Waals surface area contributed by atoms with Crippen LogP contribution in [0.5, 0.6) is 0 Å². The minimum atomic E-state index is -0.459. The first kappa shape index (κ1) is 18.6. The predicted molar refractivity (Wildman–Crippen MR) is 103 cm³/mol. The Kier molecular flexibility index (Phi) is 4.45. The highest BCUT2D eigenvalue weighted by Gasteiger charge is 2.51. The number of primary amides is 1. The van der Waals surface area contributed by atoms with E-state index in [0.29, 0.717) is 5.56 Å². The molecule has 6 heteroatoms. The summed E-state index contributed by atoms with van der Waals surface area (Å²) in [6.07, 6.45) is 3.58. The molecule has 2 N–H and O–H groups in total. The summed E-state index contributed by atoms with van der Waals surface area (Å²) < 4.78 is 12.2. The Balaban J connectivity index is 1.99. The van der Waals surface area contributed by atoms with Crippen molar-refractivity contribution in [2.45, 2.75) is 52.7 Å². The summed E-state index contributed by atoms with van der Waals surface area (Å²) in [5.74, 6) is -0.416. The van der Waals surface area contributed by atoms with Crippen molar-refractivity contribution in [1.82, 2.24) is 4.98 Å². The summed E-state index contributed by atoms with van der Waals surface area (Å²) in [4.78, 5) is 15.9. The first-order valence-corrected chi connectivity index (χ1v) is 8.74. The number of rotatable bonds is 3. The fourth-order valence-corrected chi connectivity index (χ4v) is 3.11. The Morgan fingerprint density at radius 2 is 1.65 bits per heavy atom. The van der Waals surface area contributed by atoms with Crippen LogP contribution in [0.3, 0.4) is 0 Å². The highest BCUT2D eigenvalue weighted by molar-refractivity contribution is 6.62. The summed E-state index contributed by atoms with van der Waals surface area (Å²) in [6.45, 7) is 12.0. The molecule has 1 fully saturated rings. The summed E-state index contributed by atoms with van der Waals surface area (Å²) in [7, 11) is -0.459. The quantitative estimate of drug-likeness (QED) is 0.862. The monoisotopic (exact) mass is 352 g/mol. The molecule has 1 aromatic carbocycles. The molecule has 0 atom stereocenters. The van der Waals surface area contributed by atoms with Crippen molar-refractivity contribution in [2.24, 2.45) is 5.73 Å². The highest BCUT2D eigenvalue weighted by atomic mass is 16.7. The Morgan fingerprint density at radius 1 is 1.04 bits per heavy atom. The Hall–Kier alpha value is -2.18. The fraction of sp³-hybridized carbons (Fsp3) is 0.400. The van der Waals surface area contributed by atoms with Gasteiger partial charge in [0.1, 0.15) is 0 Å². The molecule has 1 aliphatic heterocycles. The van der Waals surface area contributed by atoms with Crippen LogP contribution in [0.4, 0.5) is 0 Å². The number of amides is 1. The van der Waals surface area contributed by atoms with E-state index in [1.54, 1.807) is 18.5 Å². The van der Waals surface area contributed by atoms with Gasteiger partial charge in [-0.05, 0) is 69.9 Å². The average molecular weight is 352 g/mol. The second-order valence-corrected chi connectivity index (χ2v) is 7.87. The molecule has 1 aliphatic rings. The molecule has 1 amide bonds. The number of nitrogens with two attached hydrogens (primary N) is 1. The topological polar surface area (TPSA) is 74.4 Å². The lowest BCUT2D eigenvalue weighted by molar-refractivity contribution is 0.00578. The highest BCUT2D eigenvalue weighted by Crippen LogP contribution is 2.36. The lowest BCUT2D eigenvalue weighted by Gasteiger charge is -2.32. The van der Waals surface area contributed by atoms with E-state index >= 15 is 0 Å². The van der Waals surface area contributed by atoms with Crippen molar-refractivity contribution < 1.29 is 14.1 Å². The minimum absolute atomic E-state index is 0.399. The van der Waals surface area contributed by atoms with E-state index in [2.05, 4.69) is 4.98 Å². The van der Waals surface area contributed by atoms with Gasteiger partial charge >= 0.3 is 7.12 Å². The van der Waals surface area contributed by atoms with Crippen molar-refractivity contribution in [3.63, 3.8) is 0 Å². The van der Waals surface area contributed by atoms with Crippen molar-refractivity contribution in [3.8, 4) is 11.1 Å². The molecular formula is C20H25BN2O3. The molecule has 0 bridgehead atoms. The van der Waals surface area contributed by atoms with Crippen LogP contribution in [0.1, 0.15) is 49.2 Å². The molecule has 3 rings (SSSR count). The molecule has 0 unspecified atom stereocenters. The van der Waals surface area contributed by atoms with Gasteiger partial charge in [0.05, 0.1) is 11.2 Å². The molecule has 2 aromatic rings. The number of benzene rings is 1. The van der Waals surface area contributed by atoms with Crippen LogP contribution in [-0.2, 0) is 9.31 Å². The lowest BCUT2D eigenvalue weighted by atomic mass is 9.79. The summed E-state index contributed by atoms with van der Waals surface area (Å²) in [6, 6.07) is 5.70. The van der Waals surface area contributed by atoms with Gasteiger partial charge in [-0.25, -0.2) is 0 Å². The number of hydrogen-bond acceptors (Lipinski definition) is 4. The molecule has 2 heterocycles. The van der Waals surface area contributed by atoms with Crippen LogP contribution in [0.15, 0.2) is 30.6 Å². The van der Waals surface area contributed by atoms with Crippen molar-refractivity contribution in [2.75, 3.05) is 0 Å². The van der Waals surface area contributed by atoms with Crippen LogP contribution in [0.2, 0.25) is 0 Å². The van der Waals surface area contributed by atoms with E-state index in [-0.39, 0.29) is 0 Å². The van der Waals surface area contributed by atoms with Gasteiger partial charge in [0.15, 0.2) is 0 Å². The Morgan fingerprint density at radius 3 is 2.23 bits per heavy atom.